The summed E-state index contributed by atoms with van der Waals surface area (Å²) < 4.78 is 0.992. The molecule has 1 aliphatic heterocycles. The highest BCUT2D eigenvalue weighted by molar-refractivity contribution is 9.10. The molecule has 6 heteroatoms. The number of anilines is 1. The lowest BCUT2D eigenvalue weighted by Crippen LogP contribution is -2.44. The molecule has 3 heterocycles. The molecule has 0 spiro atoms. The summed E-state index contributed by atoms with van der Waals surface area (Å²) in [6.07, 6.45) is 3.73. The first-order valence-electron chi connectivity index (χ1n) is 8.26. The molecule has 3 aromatic rings. The number of hydrogen-bond donors (Lipinski definition) is 1. The molecule has 4 rings (SSSR count). The van der Waals surface area contributed by atoms with Crippen LogP contribution in [-0.2, 0) is 0 Å². The average molecular weight is 396 g/mol. The van der Waals surface area contributed by atoms with E-state index in [9.17, 15) is 5.26 Å². The minimum atomic E-state index is 0.718. The number of fused-ring (bicyclic) bond motifs is 1. The van der Waals surface area contributed by atoms with Crippen LogP contribution in [-0.4, -0.2) is 48.1 Å². The van der Waals surface area contributed by atoms with E-state index in [1.165, 1.54) is 0 Å². The number of aromatic amines is 1. The van der Waals surface area contributed by atoms with Crippen molar-refractivity contribution in [1.29, 1.82) is 5.26 Å². The van der Waals surface area contributed by atoms with Gasteiger partial charge in [-0.2, -0.15) is 5.26 Å². The van der Waals surface area contributed by atoms with Crippen molar-refractivity contribution in [3.63, 3.8) is 0 Å². The molecule has 2 aromatic heterocycles. The summed E-state index contributed by atoms with van der Waals surface area (Å²) >= 11 is 3.54. The second kappa shape index (κ2) is 6.51. The van der Waals surface area contributed by atoms with Crippen molar-refractivity contribution in [2.75, 3.05) is 38.1 Å². The molecule has 1 N–H and O–H groups in total. The third-order valence-corrected chi connectivity index (χ3v) is 5.43. The van der Waals surface area contributed by atoms with Crippen LogP contribution in [0.25, 0.3) is 22.2 Å². The molecule has 5 nitrogen and oxygen atoms in total. The number of nitriles is 1. The van der Waals surface area contributed by atoms with Crippen molar-refractivity contribution < 1.29 is 0 Å². The summed E-state index contributed by atoms with van der Waals surface area (Å²) in [5.41, 5.74) is 4.61. The Morgan fingerprint density at radius 3 is 2.72 bits per heavy atom. The number of rotatable bonds is 2. The molecule has 1 fully saturated rings. The van der Waals surface area contributed by atoms with Crippen molar-refractivity contribution in [2.45, 2.75) is 0 Å². The molecule has 25 heavy (non-hydrogen) atoms. The first-order chi connectivity index (χ1) is 12.2. The summed E-state index contributed by atoms with van der Waals surface area (Å²) in [5, 5.41) is 10.7. The number of pyridine rings is 1. The van der Waals surface area contributed by atoms with Gasteiger partial charge in [0, 0.05) is 54.0 Å². The zero-order valence-electron chi connectivity index (χ0n) is 14.0. The van der Waals surface area contributed by atoms with Crippen LogP contribution in [0, 0.1) is 11.3 Å². The summed E-state index contributed by atoms with van der Waals surface area (Å²) in [5.74, 6) is 0. The molecule has 126 valence electrons. The highest BCUT2D eigenvalue weighted by atomic mass is 79.9. The smallest absolute Gasteiger partial charge is 0.138 e. The first kappa shape index (κ1) is 16.1. The molecule has 0 radical (unpaired) electrons. The van der Waals surface area contributed by atoms with Crippen LogP contribution in [0.5, 0.6) is 0 Å². The van der Waals surface area contributed by atoms with Gasteiger partial charge in [0.1, 0.15) is 11.7 Å². The molecule has 0 unspecified atom stereocenters. The van der Waals surface area contributed by atoms with E-state index in [1.54, 1.807) is 0 Å². The summed E-state index contributed by atoms with van der Waals surface area (Å²) in [6.45, 7) is 3.95. The molecular weight excluding hydrogens is 378 g/mol. The Hall–Kier alpha value is -2.36. The highest BCUT2D eigenvalue weighted by Gasteiger charge is 2.17. The van der Waals surface area contributed by atoms with Crippen LogP contribution < -0.4 is 4.90 Å². The maximum absolute atomic E-state index is 9.64. The lowest BCUT2D eigenvalue weighted by Gasteiger charge is -2.34. The Morgan fingerprint density at radius 2 is 1.96 bits per heavy atom. The number of piperazine rings is 1. The fraction of sp³-hybridized carbons (Fsp3) is 0.263. The standard InChI is InChI=1S/C19H18BrN5/c1-24-4-6-25(7-5-24)18-3-2-13(8-14(18)10-21)15-9-16-17(20)12-23-19(16)22-11-15/h2-3,8-9,11-12H,4-7H2,1H3,(H,22,23). The monoisotopic (exact) mass is 395 g/mol. The van der Waals surface area contributed by atoms with Gasteiger partial charge in [0.05, 0.1) is 11.3 Å². The first-order valence-corrected chi connectivity index (χ1v) is 9.05. The minimum absolute atomic E-state index is 0.718. The minimum Gasteiger partial charge on any atom is -0.368 e. The van der Waals surface area contributed by atoms with E-state index < -0.39 is 0 Å². The Bertz CT molecular complexity index is 964. The van der Waals surface area contributed by atoms with E-state index in [0.29, 0.717) is 0 Å². The van der Waals surface area contributed by atoms with Crippen LogP contribution in [0.3, 0.4) is 0 Å². The number of benzene rings is 1. The Balaban J connectivity index is 1.71. The van der Waals surface area contributed by atoms with Gasteiger partial charge >= 0.3 is 0 Å². The third kappa shape index (κ3) is 3.01. The number of halogens is 1. The van der Waals surface area contributed by atoms with Crippen molar-refractivity contribution in [3.8, 4) is 17.2 Å². The number of nitrogens with one attached hydrogen (secondary N) is 1. The van der Waals surface area contributed by atoms with E-state index in [0.717, 1.165) is 64.1 Å². The number of likely N-dealkylation sites (N-methyl/N-ethyl adjacent to an activating group) is 1. The number of hydrogen-bond acceptors (Lipinski definition) is 4. The van der Waals surface area contributed by atoms with Crippen molar-refractivity contribution in [3.05, 3.63) is 46.7 Å². The largest absolute Gasteiger partial charge is 0.368 e. The molecule has 0 atom stereocenters. The fourth-order valence-corrected chi connectivity index (χ4v) is 3.67. The van der Waals surface area contributed by atoms with Gasteiger partial charge < -0.3 is 14.8 Å². The topological polar surface area (TPSA) is 58.9 Å². The molecule has 0 aliphatic carbocycles. The summed E-state index contributed by atoms with van der Waals surface area (Å²) in [6, 6.07) is 10.6. The molecule has 1 aromatic carbocycles. The quantitative estimate of drug-likeness (QED) is 0.719. The molecule has 0 amide bonds. The number of aromatic nitrogens is 2. The molecule has 0 saturated carbocycles. The molecule has 1 saturated heterocycles. The zero-order valence-corrected chi connectivity index (χ0v) is 15.5. The van der Waals surface area contributed by atoms with Crippen LogP contribution in [0.2, 0.25) is 0 Å². The molecule has 1 aliphatic rings. The lowest BCUT2D eigenvalue weighted by molar-refractivity contribution is 0.313. The second-order valence-electron chi connectivity index (χ2n) is 6.39. The fourth-order valence-electron chi connectivity index (χ4n) is 3.26. The average Bonchev–Trinajstić information content (AvgIpc) is 3.02. The predicted octanol–water partition coefficient (Wildman–Crippen LogP) is 3.62. The van der Waals surface area contributed by atoms with Gasteiger partial charge in [-0.15, -0.1) is 0 Å². The lowest BCUT2D eigenvalue weighted by atomic mass is 10.0. The van der Waals surface area contributed by atoms with E-state index in [1.807, 2.05) is 18.5 Å². The van der Waals surface area contributed by atoms with Crippen molar-refractivity contribution >= 4 is 32.7 Å². The second-order valence-corrected chi connectivity index (χ2v) is 7.25. The van der Waals surface area contributed by atoms with Gasteiger partial charge in [-0.1, -0.05) is 6.07 Å². The van der Waals surface area contributed by atoms with Gasteiger partial charge in [-0.3, -0.25) is 0 Å². The van der Waals surface area contributed by atoms with Gasteiger partial charge in [-0.05, 0) is 46.7 Å². The SMILES string of the molecule is CN1CCN(c2ccc(-c3cnc4[nH]cc(Br)c4c3)cc2C#N)CC1. The van der Waals surface area contributed by atoms with Crippen LogP contribution in [0.15, 0.2) is 41.1 Å². The van der Waals surface area contributed by atoms with Gasteiger partial charge in [0.2, 0.25) is 0 Å². The maximum atomic E-state index is 9.64. The normalized spacial score (nSPS) is 15.5. The predicted molar refractivity (Wildman–Crippen MR) is 104 cm³/mol. The van der Waals surface area contributed by atoms with Crippen LogP contribution in [0.1, 0.15) is 5.56 Å². The molecular formula is C19H18BrN5. The Kier molecular flexibility index (Phi) is 4.20. The number of nitrogens with zero attached hydrogens (tertiary/aromatic N) is 4. The van der Waals surface area contributed by atoms with Crippen LogP contribution in [0.4, 0.5) is 5.69 Å². The maximum Gasteiger partial charge on any atom is 0.138 e. The third-order valence-electron chi connectivity index (χ3n) is 4.77. The van der Waals surface area contributed by atoms with Gasteiger partial charge in [0.25, 0.3) is 0 Å². The van der Waals surface area contributed by atoms with E-state index >= 15 is 0 Å². The van der Waals surface area contributed by atoms with E-state index in [2.05, 4.69) is 67.0 Å². The van der Waals surface area contributed by atoms with E-state index in [-0.39, 0.29) is 0 Å². The Morgan fingerprint density at radius 1 is 1.16 bits per heavy atom. The Labute approximate surface area is 155 Å². The van der Waals surface area contributed by atoms with Crippen LogP contribution >= 0.6 is 15.9 Å². The van der Waals surface area contributed by atoms with Gasteiger partial charge in [0.15, 0.2) is 0 Å². The van der Waals surface area contributed by atoms with Crippen molar-refractivity contribution in [2.24, 2.45) is 0 Å². The van der Waals surface area contributed by atoms with Crippen molar-refractivity contribution in [1.82, 2.24) is 14.9 Å². The number of H-pyrrole nitrogens is 1. The van der Waals surface area contributed by atoms with E-state index in [4.69, 9.17) is 0 Å². The van der Waals surface area contributed by atoms with Gasteiger partial charge in [-0.25, -0.2) is 4.98 Å². The highest BCUT2D eigenvalue weighted by Crippen LogP contribution is 2.31. The summed E-state index contributed by atoms with van der Waals surface area (Å²) in [7, 11) is 2.13. The summed E-state index contributed by atoms with van der Waals surface area (Å²) in [4.78, 5) is 12.2. The zero-order chi connectivity index (χ0) is 17.4. The molecule has 0 bridgehead atoms.